The number of likely N-dealkylation sites (tertiary alicyclic amines) is 1. The molecule has 1 saturated heterocycles. The first-order valence-electron chi connectivity index (χ1n) is 12.2. The number of hydrogen-bond acceptors (Lipinski definition) is 6. The number of ketones is 1. The number of Topliss-reactive ketones (excluding diaryl/α,β-unsaturated/α-hetero) is 1. The maximum atomic E-state index is 12.8. The summed E-state index contributed by atoms with van der Waals surface area (Å²) in [6.07, 6.45) is 7.81. The number of nitrogens with zero attached hydrogens (tertiary/aromatic N) is 2. The van der Waals surface area contributed by atoms with Crippen molar-refractivity contribution in [2.45, 2.75) is 58.5 Å². The van der Waals surface area contributed by atoms with Crippen LogP contribution in [0.15, 0.2) is 18.3 Å². The molecule has 7 nitrogen and oxygen atoms in total. The molecule has 0 spiro atoms. The number of hydrogen-bond donors (Lipinski definition) is 2. The maximum absolute atomic E-state index is 12.8. The quantitative estimate of drug-likeness (QED) is 0.525. The van der Waals surface area contributed by atoms with Gasteiger partial charge in [0.1, 0.15) is 5.75 Å². The Bertz CT molecular complexity index is 1010. The molecule has 4 rings (SSSR count). The average Bonchev–Trinajstić information content (AvgIpc) is 3.65. The Labute approximate surface area is 195 Å². The third kappa shape index (κ3) is 5.46. The van der Waals surface area contributed by atoms with Crippen LogP contribution in [0.4, 0.5) is 5.69 Å². The molecule has 1 aliphatic carbocycles. The number of carbonyl (C=O) groups is 2. The van der Waals surface area contributed by atoms with Crippen molar-refractivity contribution >= 4 is 28.3 Å². The number of piperidine rings is 1. The van der Waals surface area contributed by atoms with Crippen molar-refractivity contribution in [2.24, 2.45) is 11.8 Å². The Kier molecular flexibility index (Phi) is 7.48. The molecule has 0 atom stereocenters. The van der Waals surface area contributed by atoms with Gasteiger partial charge in [-0.1, -0.05) is 6.92 Å². The van der Waals surface area contributed by atoms with E-state index in [4.69, 9.17) is 4.74 Å². The molecule has 2 N–H and O–H groups in total. The lowest BCUT2D eigenvalue weighted by Gasteiger charge is -2.32. The summed E-state index contributed by atoms with van der Waals surface area (Å²) in [4.78, 5) is 31.4. The summed E-state index contributed by atoms with van der Waals surface area (Å²) in [6.45, 7) is 3.97. The van der Waals surface area contributed by atoms with Crippen molar-refractivity contribution in [3.05, 3.63) is 29.5 Å². The molecular formula is C26H35N3O4. The minimum absolute atomic E-state index is 0.120. The van der Waals surface area contributed by atoms with Crippen LogP contribution < -0.4 is 10.1 Å². The molecule has 0 radical (unpaired) electrons. The van der Waals surface area contributed by atoms with Crippen LogP contribution in [0.25, 0.3) is 10.9 Å². The fraction of sp³-hybridized carbons (Fsp3) is 0.577. The summed E-state index contributed by atoms with van der Waals surface area (Å²) in [5.41, 5.74) is 2.79. The standard InChI is InChI=1S/C26H35N3O4/c1-3-4-25(32)29-9-7-18(8-10-29)16-33-24-13-20-22(12-19(24)15-30)28-14-21(26(20)27-2)23(31)11-17-5-6-17/h12-14,17-18,30H,3-11,15-16H2,1-2H3,(H,27,28). The highest BCUT2D eigenvalue weighted by atomic mass is 16.5. The zero-order valence-electron chi connectivity index (χ0n) is 19.7. The highest BCUT2D eigenvalue weighted by molar-refractivity contribution is 6.08. The number of nitrogens with one attached hydrogen (secondary N) is 1. The summed E-state index contributed by atoms with van der Waals surface area (Å²) in [6, 6.07) is 3.74. The molecule has 0 bridgehead atoms. The maximum Gasteiger partial charge on any atom is 0.222 e. The number of pyridine rings is 1. The summed E-state index contributed by atoms with van der Waals surface area (Å²) in [5, 5.41) is 13.9. The van der Waals surface area contributed by atoms with E-state index in [1.807, 2.05) is 31.0 Å². The van der Waals surface area contributed by atoms with E-state index in [0.717, 1.165) is 61.8 Å². The second-order valence-corrected chi connectivity index (χ2v) is 9.39. The molecule has 2 aromatic rings. The lowest BCUT2D eigenvalue weighted by atomic mass is 9.97. The van der Waals surface area contributed by atoms with Gasteiger partial charge in [-0.05, 0) is 56.1 Å². The number of aliphatic hydroxyl groups excluding tert-OH is 1. The van der Waals surface area contributed by atoms with Gasteiger partial charge in [-0.15, -0.1) is 0 Å². The second-order valence-electron chi connectivity index (χ2n) is 9.39. The SMILES string of the molecule is CCCC(=O)N1CCC(COc2cc3c(NC)c(C(=O)CC4CC4)cnc3cc2CO)CC1. The van der Waals surface area contributed by atoms with Gasteiger partial charge in [0.15, 0.2) is 5.78 Å². The van der Waals surface area contributed by atoms with Crippen molar-refractivity contribution < 1.29 is 19.4 Å². The molecule has 2 aliphatic rings. The van der Waals surface area contributed by atoms with Gasteiger partial charge in [-0.2, -0.15) is 0 Å². The minimum atomic E-state index is -0.145. The van der Waals surface area contributed by atoms with Gasteiger partial charge in [0.2, 0.25) is 5.91 Å². The average molecular weight is 454 g/mol. The number of fused-ring (bicyclic) bond motifs is 1. The van der Waals surface area contributed by atoms with E-state index < -0.39 is 0 Å². The van der Waals surface area contributed by atoms with Crippen LogP contribution in [0.1, 0.15) is 67.8 Å². The highest BCUT2D eigenvalue weighted by Gasteiger charge is 2.27. The number of carbonyl (C=O) groups excluding carboxylic acids is 2. The van der Waals surface area contributed by atoms with E-state index in [-0.39, 0.29) is 18.3 Å². The molecule has 0 unspecified atom stereocenters. The van der Waals surface area contributed by atoms with Crippen molar-refractivity contribution in [1.29, 1.82) is 0 Å². The molecule has 1 aromatic carbocycles. The van der Waals surface area contributed by atoms with E-state index in [1.54, 1.807) is 6.20 Å². The number of aliphatic hydroxyl groups is 1. The van der Waals surface area contributed by atoms with Gasteiger partial charge >= 0.3 is 0 Å². The molecule has 7 heteroatoms. The summed E-state index contributed by atoms with van der Waals surface area (Å²) in [7, 11) is 1.82. The Hall–Kier alpha value is -2.67. The smallest absolute Gasteiger partial charge is 0.222 e. The van der Waals surface area contributed by atoms with Crippen molar-refractivity contribution in [1.82, 2.24) is 9.88 Å². The zero-order valence-corrected chi connectivity index (χ0v) is 19.7. The predicted octanol–water partition coefficient (Wildman–Crippen LogP) is 4.17. The molecule has 1 saturated carbocycles. The summed E-state index contributed by atoms with van der Waals surface area (Å²) in [5.74, 6) is 1.87. The van der Waals surface area contributed by atoms with Crippen LogP contribution >= 0.6 is 0 Å². The van der Waals surface area contributed by atoms with E-state index in [0.29, 0.717) is 48.2 Å². The fourth-order valence-electron chi connectivity index (χ4n) is 4.62. The molecule has 2 heterocycles. The van der Waals surface area contributed by atoms with Crippen LogP contribution in [0.3, 0.4) is 0 Å². The van der Waals surface area contributed by atoms with Gasteiger partial charge in [0.25, 0.3) is 0 Å². The molecule has 1 amide bonds. The van der Waals surface area contributed by atoms with Gasteiger partial charge < -0.3 is 20.1 Å². The lowest BCUT2D eigenvalue weighted by Crippen LogP contribution is -2.39. The third-order valence-corrected chi connectivity index (χ3v) is 6.85. The fourth-order valence-corrected chi connectivity index (χ4v) is 4.62. The number of rotatable bonds is 10. The Morgan fingerprint density at radius 3 is 2.58 bits per heavy atom. The Balaban J connectivity index is 1.49. The molecule has 1 aliphatic heterocycles. The second kappa shape index (κ2) is 10.5. The largest absolute Gasteiger partial charge is 0.493 e. The van der Waals surface area contributed by atoms with Crippen LogP contribution in [0.2, 0.25) is 0 Å². The summed E-state index contributed by atoms with van der Waals surface area (Å²) >= 11 is 0. The third-order valence-electron chi connectivity index (χ3n) is 6.85. The number of aromatic nitrogens is 1. The van der Waals surface area contributed by atoms with E-state index in [9.17, 15) is 14.7 Å². The first-order valence-corrected chi connectivity index (χ1v) is 12.2. The van der Waals surface area contributed by atoms with Crippen molar-refractivity contribution in [3.8, 4) is 5.75 Å². The van der Waals surface area contributed by atoms with Gasteiger partial charge in [0.05, 0.1) is 30.0 Å². The summed E-state index contributed by atoms with van der Waals surface area (Å²) < 4.78 is 6.19. The first-order chi connectivity index (χ1) is 16.0. The van der Waals surface area contributed by atoms with Crippen LogP contribution in [-0.2, 0) is 11.4 Å². The van der Waals surface area contributed by atoms with Gasteiger partial charge in [0, 0.05) is 50.1 Å². The van der Waals surface area contributed by atoms with Crippen LogP contribution in [-0.4, -0.2) is 53.4 Å². The Morgan fingerprint density at radius 2 is 1.94 bits per heavy atom. The molecule has 2 fully saturated rings. The van der Waals surface area contributed by atoms with Crippen molar-refractivity contribution in [3.63, 3.8) is 0 Å². The van der Waals surface area contributed by atoms with Gasteiger partial charge in [-0.25, -0.2) is 0 Å². The molecular weight excluding hydrogens is 418 g/mol. The topological polar surface area (TPSA) is 91.8 Å². The molecule has 33 heavy (non-hydrogen) atoms. The predicted molar refractivity (Wildman–Crippen MR) is 129 cm³/mol. The normalized spacial score (nSPS) is 16.8. The molecule has 178 valence electrons. The van der Waals surface area contributed by atoms with Gasteiger partial charge in [-0.3, -0.25) is 14.6 Å². The minimum Gasteiger partial charge on any atom is -0.493 e. The lowest BCUT2D eigenvalue weighted by molar-refractivity contribution is -0.132. The monoisotopic (exact) mass is 453 g/mol. The van der Waals surface area contributed by atoms with Crippen molar-refractivity contribution in [2.75, 3.05) is 32.1 Å². The molecule has 1 aromatic heterocycles. The van der Waals surface area contributed by atoms with Crippen LogP contribution in [0, 0.1) is 11.8 Å². The number of anilines is 1. The number of amides is 1. The van der Waals surface area contributed by atoms with Crippen LogP contribution in [0.5, 0.6) is 5.75 Å². The Morgan fingerprint density at radius 1 is 1.18 bits per heavy atom. The zero-order chi connectivity index (χ0) is 23.4. The van der Waals surface area contributed by atoms with E-state index >= 15 is 0 Å². The van der Waals surface area contributed by atoms with E-state index in [2.05, 4.69) is 10.3 Å². The first kappa shape index (κ1) is 23.5. The number of ether oxygens (including phenoxy) is 1. The highest BCUT2D eigenvalue weighted by Crippen LogP contribution is 2.37. The number of benzene rings is 1. The van der Waals surface area contributed by atoms with E-state index in [1.165, 1.54) is 0 Å².